The van der Waals surface area contributed by atoms with Gasteiger partial charge in [-0.15, -0.1) is 0 Å². The number of aromatic nitrogens is 1. The molecule has 1 aliphatic carbocycles. The number of carbonyl (C=O) groups excluding carboxylic acids is 1. The quantitative estimate of drug-likeness (QED) is 0.408. The molecule has 0 spiro atoms. The minimum atomic E-state index is -0.263. The molecule has 0 bridgehead atoms. The molecule has 0 aliphatic heterocycles. The first kappa shape index (κ1) is 21.9. The molecule has 0 unspecified atom stereocenters. The summed E-state index contributed by atoms with van der Waals surface area (Å²) in [6.45, 7) is 7.10. The average molecular weight is 426 g/mol. The third kappa shape index (κ3) is 4.48. The van der Waals surface area contributed by atoms with Gasteiger partial charge in [-0.1, -0.05) is 67.8 Å². The maximum atomic E-state index is 13.0. The van der Waals surface area contributed by atoms with Gasteiger partial charge in [0.1, 0.15) is 11.6 Å². The molecule has 1 saturated carbocycles. The Morgan fingerprint density at radius 1 is 1.16 bits per heavy atom. The maximum Gasteiger partial charge on any atom is 0.262 e. The van der Waals surface area contributed by atoms with Crippen LogP contribution in [0.5, 0.6) is 0 Å². The number of para-hydroxylation sites is 1. The van der Waals surface area contributed by atoms with E-state index in [4.69, 9.17) is 0 Å². The van der Waals surface area contributed by atoms with Crippen LogP contribution in [-0.2, 0) is 11.3 Å². The number of fused-ring (bicyclic) bond motifs is 1. The van der Waals surface area contributed by atoms with E-state index in [1.165, 1.54) is 17.5 Å². The fourth-order valence-electron chi connectivity index (χ4n) is 4.91. The van der Waals surface area contributed by atoms with Gasteiger partial charge in [0.05, 0.1) is 0 Å². The van der Waals surface area contributed by atoms with Gasteiger partial charge in [-0.2, -0.15) is 5.26 Å². The number of rotatable bonds is 5. The Hall–Kier alpha value is -3.32. The van der Waals surface area contributed by atoms with Crippen molar-refractivity contribution in [2.75, 3.05) is 0 Å². The summed E-state index contributed by atoms with van der Waals surface area (Å²) in [5, 5.41) is 14.0. The van der Waals surface area contributed by atoms with Crippen molar-refractivity contribution in [3.63, 3.8) is 0 Å². The predicted molar refractivity (Wildman–Crippen MR) is 130 cm³/mol. The zero-order valence-corrected chi connectivity index (χ0v) is 19.2. The molecule has 4 heteroatoms. The Kier molecular flexibility index (Phi) is 6.46. The molecule has 4 rings (SSSR count). The summed E-state index contributed by atoms with van der Waals surface area (Å²) in [5.74, 6) is 0.187. The van der Waals surface area contributed by atoms with Crippen molar-refractivity contribution < 1.29 is 4.79 Å². The van der Waals surface area contributed by atoms with E-state index in [1.807, 2.05) is 12.1 Å². The molecule has 2 atom stereocenters. The van der Waals surface area contributed by atoms with E-state index in [2.05, 4.69) is 73.1 Å². The van der Waals surface area contributed by atoms with Crippen LogP contribution in [-0.4, -0.2) is 16.5 Å². The van der Waals surface area contributed by atoms with Gasteiger partial charge in [-0.3, -0.25) is 4.79 Å². The second-order valence-corrected chi connectivity index (χ2v) is 9.10. The SMILES string of the molecule is Cc1cccc(Cn2c(C)c(/C=C(\C#N)C(=O)N[C@@H]3CCCC[C@@H]3C)c3ccccc32)c1. The zero-order valence-electron chi connectivity index (χ0n) is 19.2. The highest BCUT2D eigenvalue weighted by molar-refractivity contribution is 6.04. The highest BCUT2D eigenvalue weighted by atomic mass is 16.1. The molecule has 1 heterocycles. The first-order chi connectivity index (χ1) is 15.5. The Morgan fingerprint density at radius 2 is 1.94 bits per heavy atom. The van der Waals surface area contributed by atoms with E-state index in [0.29, 0.717) is 5.92 Å². The minimum absolute atomic E-state index is 0.150. The summed E-state index contributed by atoms with van der Waals surface area (Å²) in [6, 6.07) is 19.0. The third-order valence-corrected chi connectivity index (χ3v) is 6.78. The lowest BCUT2D eigenvalue weighted by molar-refractivity contribution is -0.118. The van der Waals surface area contributed by atoms with Crippen molar-refractivity contribution in [1.82, 2.24) is 9.88 Å². The van der Waals surface area contributed by atoms with E-state index in [1.54, 1.807) is 6.08 Å². The van der Waals surface area contributed by atoms with Crippen LogP contribution in [0.15, 0.2) is 54.1 Å². The van der Waals surface area contributed by atoms with Crippen LogP contribution < -0.4 is 5.32 Å². The lowest BCUT2D eigenvalue weighted by atomic mass is 9.86. The van der Waals surface area contributed by atoms with Crippen LogP contribution in [0, 0.1) is 31.1 Å². The van der Waals surface area contributed by atoms with Crippen molar-refractivity contribution in [2.24, 2.45) is 5.92 Å². The summed E-state index contributed by atoms with van der Waals surface area (Å²) in [7, 11) is 0. The van der Waals surface area contributed by atoms with Crippen molar-refractivity contribution >= 4 is 22.9 Å². The second kappa shape index (κ2) is 9.44. The number of nitrogens with one attached hydrogen (secondary N) is 1. The van der Waals surface area contributed by atoms with Crippen molar-refractivity contribution in [3.05, 3.63) is 76.5 Å². The maximum absolute atomic E-state index is 13.0. The van der Waals surface area contributed by atoms with Crippen LogP contribution in [0.3, 0.4) is 0 Å². The molecule has 1 aliphatic rings. The van der Waals surface area contributed by atoms with Crippen LogP contribution in [0.2, 0.25) is 0 Å². The van der Waals surface area contributed by atoms with Crippen LogP contribution in [0.25, 0.3) is 17.0 Å². The normalized spacial score (nSPS) is 19.0. The Labute approximate surface area is 190 Å². The molecule has 2 aromatic carbocycles. The van der Waals surface area contributed by atoms with Crippen LogP contribution in [0.4, 0.5) is 0 Å². The fraction of sp³-hybridized carbons (Fsp3) is 0.357. The molecular formula is C28H31N3O. The van der Waals surface area contributed by atoms with Gasteiger partial charge in [0, 0.05) is 34.7 Å². The van der Waals surface area contributed by atoms with E-state index in [9.17, 15) is 10.1 Å². The molecule has 32 heavy (non-hydrogen) atoms. The van der Waals surface area contributed by atoms with Gasteiger partial charge >= 0.3 is 0 Å². The third-order valence-electron chi connectivity index (χ3n) is 6.78. The number of nitrogens with zero attached hydrogens (tertiary/aromatic N) is 2. The molecule has 1 fully saturated rings. The average Bonchev–Trinajstić information content (AvgIpc) is 3.04. The molecule has 1 aromatic heterocycles. The van der Waals surface area contributed by atoms with Gasteiger partial charge in [0.2, 0.25) is 0 Å². The number of hydrogen-bond acceptors (Lipinski definition) is 2. The first-order valence-electron chi connectivity index (χ1n) is 11.5. The zero-order chi connectivity index (χ0) is 22.7. The molecule has 1 N–H and O–H groups in total. The van der Waals surface area contributed by atoms with Gasteiger partial charge in [-0.05, 0) is 50.3 Å². The highest BCUT2D eigenvalue weighted by Gasteiger charge is 2.24. The van der Waals surface area contributed by atoms with Gasteiger partial charge in [0.15, 0.2) is 0 Å². The molecule has 0 radical (unpaired) electrons. The van der Waals surface area contributed by atoms with E-state index >= 15 is 0 Å². The standard InChI is InChI=1S/C28H31N3O/c1-19-9-8-11-22(15-19)18-31-21(3)25(24-12-5-7-14-27(24)31)16-23(17-29)28(32)30-26-13-6-4-10-20(26)2/h5,7-9,11-12,14-16,20,26H,4,6,10,13,18H2,1-3H3,(H,30,32)/b23-16+/t20-,26+/m0/s1. The number of aryl methyl sites for hydroxylation is 1. The highest BCUT2D eigenvalue weighted by Crippen LogP contribution is 2.29. The van der Waals surface area contributed by atoms with Crippen molar-refractivity contribution in [1.29, 1.82) is 5.26 Å². The molecule has 0 saturated heterocycles. The Bertz CT molecular complexity index is 1210. The second-order valence-electron chi connectivity index (χ2n) is 9.10. The van der Waals surface area contributed by atoms with Crippen LogP contribution in [0.1, 0.15) is 55.0 Å². The van der Waals surface area contributed by atoms with E-state index in [-0.39, 0.29) is 17.5 Å². The first-order valence-corrected chi connectivity index (χ1v) is 11.5. The summed E-state index contributed by atoms with van der Waals surface area (Å²) >= 11 is 0. The number of nitriles is 1. The van der Waals surface area contributed by atoms with Gasteiger partial charge in [-0.25, -0.2) is 0 Å². The fourth-order valence-corrected chi connectivity index (χ4v) is 4.91. The number of carbonyl (C=O) groups is 1. The predicted octanol–water partition coefficient (Wildman–Crippen LogP) is 5.91. The topological polar surface area (TPSA) is 57.8 Å². The van der Waals surface area contributed by atoms with Gasteiger partial charge in [0.25, 0.3) is 5.91 Å². The Morgan fingerprint density at radius 3 is 2.69 bits per heavy atom. The molecule has 4 nitrogen and oxygen atoms in total. The van der Waals surface area contributed by atoms with Gasteiger partial charge < -0.3 is 9.88 Å². The monoisotopic (exact) mass is 425 g/mol. The summed E-state index contributed by atoms with van der Waals surface area (Å²) < 4.78 is 2.27. The van der Waals surface area contributed by atoms with Crippen molar-refractivity contribution in [2.45, 2.75) is 59.0 Å². The summed E-state index contributed by atoms with van der Waals surface area (Å²) in [6.07, 6.45) is 6.23. The Balaban J connectivity index is 1.70. The summed E-state index contributed by atoms with van der Waals surface area (Å²) in [5.41, 5.74) is 5.74. The van der Waals surface area contributed by atoms with E-state index < -0.39 is 0 Å². The lowest BCUT2D eigenvalue weighted by Gasteiger charge is -2.29. The summed E-state index contributed by atoms with van der Waals surface area (Å²) in [4.78, 5) is 13.0. The van der Waals surface area contributed by atoms with Crippen LogP contribution >= 0.6 is 0 Å². The number of hydrogen-bond donors (Lipinski definition) is 1. The number of amides is 1. The minimum Gasteiger partial charge on any atom is -0.348 e. The number of benzene rings is 2. The lowest BCUT2D eigenvalue weighted by Crippen LogP contribution is -2.41. The smallest absolute Gasteiger partial charge is 0.262 e. The van der Waals surface area contributed by atoms with E-state index in [0.717, 1.165) is 48.0 Å². The molecule has 1 amide bonds. The van der Waals surface area contributed by atoms with Crippen molar-refractivity contribution in [3.8, 4) is 6.07 Å². The largest absolute Gasteiger partial charge is 0.348 e. The molecule has 164 valence electrons. The molecule has 3 aromatic rings. The molecular weight excluding hydrogens is 394 g/mol.